The number of H-pyrrole nitrogens is 1. The lowest BCUT2D eigenvalue weighted by atomic mass is 10.1. The molecule has 0 atom stereocenters. The molecule has 4 heteroatoms. The summed E-state index contributed by atoms with van der Waals surface area (Å²) in [7, 11) is 0. The van der Waals surface area contributed by atoms with Crippen LogP contribution in [0.5, 0.6) is 0 Å². The van der Waals surface area contributed by atoms with E-state index in [1.807, 2.05) is 36.5 Å². The lowest BCUT2D eigenvalue weighted by Crippen LogP contribution is -2.04. The van der Waals surface area contributed by atoms with Crippen LogP contribution in [0.15, 0.2) is 53.5 Å². The van der Waals surface area contributed by atoms with Crippen LogP contribution in [0.25, 0.3) is 11.3 Å². The number of hydrogen-bond donors (Lipinski definition) is 2. The Bertz CT molecular complexity index is 597. The summed E-state index contributed by atoms with van der Waals surface area (Å²) in [5.74, 6) is 0.860. The zero-order chi connectivity index (χ0) is 12.9. The van der Waals surface area contributed by atoms with Crippen molar-refractivity contribution in [2.45, 2.75) is 6.42 Å². The number of benzene rings is 1. The van der Waals surface area contributed by atoms with Crippen molar-refractivity contribution in [3.63, 3.8) is 0 Å². The Morgan fingerprint density at radius 1 is 1.32 bits per heavy atom. The smallest absolute Gasteiger partial charge is 0.133 e. The van der Waals surface area contributed by atoms with E-state index in [1.54, 1.807) is 12.6 Å². The molecule has 2 aromatic heterocycles. The fourth-order valence-electron chi connectivity index (χ4n) is 1.88. The number of rotatable bonds is 5. The van der Waals surface area contributed by atoms with E-state index in [1.165, 1.54) is 0 Å². The number of hydrogen-bond acceptors (Lipinski definition) is 3. The number of nitrogens with one attached hydrogen (secondary N) is 2. The zero-order valence-corrected chi connectivity index (χ0v) is 10.4. The van der Waals surface area contributed by atoms with Crippen LogP contribution in [-0.2, 0) is 6.42 Å². The molecule has 0 amide bonds. The van der Waals surface area contributed by atoms with Crippen LogP contribution in [0, 0.1) is 6.07 Å². The maximum atomic E-state index is 5.34. The monoisotopic (exact) mass is 252 g/mol. The summed E-state index contributed by atoms with van der Waals surface area (Å²) in [5, 5.41) is 3.32. The van der Waals surface area contributed by atoms with Gasteiger partial charge in [-0.15, -0.1) is 0 Å². The van der Waals surface area contributed by atoms with Crippen molar-refractivity contribution in [2.24, 2.45) is 0 Å². The van der Waals surface area contributed by atoms with Crippen molar-refractivity contribution in [3.8, 4) is 11.3 Å². The molecule has 1 aromatic carbocycles. The summed E-state index contributed by atoms with van der Waals surface area (Å²) in [6, 6.07) is 13.0. The summed E-state index contributed by atoms with van der Waals surface area (Å²) in [6.07, 6.45) is 6.16. The molecule has 0 aliphatic heterocycles. The average molecular weight is 252 g/mol. The Balaban J connectivity index is 1.57. The maximum absolute atomic E-state index is 5.34. The lowest BCUT2D eigenvalue weighted by Gasteiger charge is -2.05. The number of nitrogens with zero attached hydrogens (tertiary/aromatic N) is 1. The molecule has 0 fully saturated rings. The van der Waals surface area contributed by atoms with Crippen LogP contribution in [0.1, 0.15) is 5.69 Å². The first-order valence-corrected chi connectivity index (χ1v) is 6.19. The van der Waals surface area contributed by atoms with Gasteiger partial charge in [0, 0.05) is 36.5 Å². The molecule has 0 aliphatic rings. The van der Waals surface area contributed by atoms with E-state index < -0.39 is 0 Å². The largest absolute Gasteiger partial charge is 0.464 e. The highest BCUT2D eigenvalue weighted by molar-refractivity contribution is 5.60. The number of anilines is 1. The molecule has 3 rings (SSSR count). The number of imidazole rings is 1. The lowest BCUT2D eigenvalue weighted by molar-refractivity contribution is 0.582. The highest BCUT2D eigenvalue weighted by Gasteiger charge is 2.00. The summed E-state index contributed by atoms with van der Waals surface area (Å²) >= 11 is 0. The molecule has 0 spiro atoms. The van der Waals surface area contributed by atoms with E-state index in [2.05, 4.69) is 21.4 Å². The second kappa shape index (κ2) is 5.44. The molecule has 0 bridgehead atoms. The molecule has 1 radical (unpaired) electrons. The van der Waals surface area contributed by atoms with Gasteiger partial charge in [-0.2, -0.15) is 0 Å². The van der Waals surface area contributed by atoms with Gasteiger partial charge in [-0.3, -0.25) is 0 Å². The van der Waals surface area contributed by atoms with E-state index in [0.29, 0.717) is 0 Å². The molecule has 3 aromatic rings. The van der Waals surface area contributed by atoms with Gasteiger partial charge in [-0.25, -0.2) is 4.98 Å². The molecule has 19 heavy (non-hydrogen) atoms. The topological polar surface area (TPSA) is 53.9 Å². The summed E-state index contributed by atoms with van der Waals surface area (Å²) < 4.78 is 5.34. The van der Waals surface area contributed by atoms with Crippen LogP contribution in [0.3, 0.4) is 0 Å². The standard InChI is InChI=1S/C15H14N3O/c1-2-15(19-9-1)12-3-5-13(6-4-12)17-8-7-14-10-16-11-18-14/h1-5,9-11,17H,7-8H2,(H,16,18). The van der Waals surface area contributed by atoms with Crippen LogP contribution in [0.2, 0.25) is 0 Å². The van der Waals surface area contributed by atoms with E-state index >= 15 is 0 Å². The minimum Gasteiger partial charge on any atom is -0.464 e. The summed E-state index contributed by atoms with van der Waals surface area (Å²) in [4.78, 5) is 7.12. The number of aromatic amines is 1. The first-order valence-electron chi connectivity index (χ1n) is 6.19. The van der Waals surface area contributed by atoms with Crippen LogP contribution < -0.4 is 5.32 Å². The first kappa shape index (κ1) is 11.6. The van der Waals surface area contributed by atoms with Gasteiger partial charge in [-0.1, -0.05) is 0 Å². The predicted octanol–water partition coefficient (Wildman–Crippen LogP) is 3.12. The van der Waals surface area contributed by atoms with Gasteiger partial charge in [0.1, 0.15) is 5.76 Å². The number of furan rings is 1. The normalized spacial score (nSPS) is 10.5. The van der Waals surface area contributed by atoms with Gasteiger partial charge < -0.3 is 14.7 Å². The van der Waals surface area contributed by atoms with Crippen molar-refractivity contribution in [1.82, 2.24) is 9.97 Å². The first-order chi connectivity index (χ1) is 9.42. The van der Waals surface area contributed by atoms with Crippen molar-refractivity contribution in [1.29, 1.82) is 0 Å². The third kappa shape index (κ3) is 2.85. The molecule has 0 saturated heterocycles. The van der Waals surface area contributed by atoms with Gasteiger partial charge in [0.05, 0.1) is 18.3 Å². The van der Waals surface area contributed by atoms with Crippen molar-refractivity contribution < 1.29 is 4.42 Å². The molecule has 2 heterocycles. The molecular weight excluding hydrogens is 238 g/mol. The van der Waals surface area contributed by atoms with Gasteiger partial charge in [-0.05, 0) is 30.3 Å². The van der Waals surface area contributed by atoms with Crippen LogP contribution in [0.4, 0.5) is 5.69 Å². The van der Waals surface area contributed by atoms with Crippen molar-refractivity contribution in [2.75, 3.05) is 11.9 Å². The van der Waals surface area contributed by atoms with Crippen LogP contribution in [-0.4, -0.2) is 16.5 Å². The van der Waals surface area contributed by atoms with E-state index in [0.717, 1.165) is 35.7 Å². The van der Waals surface area contributed by atoms with E-state index in [4.69, 9.17) is 4.42 Å². The second-order valence-electron chi connectivity index (χ2n) is 4.21. The Labute approximate surface area is 111 Å². The fourth-order valence-corrected chi connectivity index (χ4v) is 1.88. The van der Waals surface area contributed by atoms with Gasteiger partial charge in [0.15, 0.2) is 0 Å². The van der Waals surface area contributed by atoms with Gasteiger partial charge >= 0.3 is 0 Å². The predicted molar refractivity (Wildman–Crippen MR) is 73.8 cm³/mol. The summed E-state index contributed by atoms with van der Waals surface area (Å²) in [5.41, 5.74) is 3.06. The molecule has 0 aliphatic carbocycles. The Morgan fingerprint density at radius 3 is 3.00 bits per heavy atom. The van der Waals surface area contributed by atoms with Crippen molar-refractivity contribution >= 4 is 5.69 Å². The van der Waals surface area contributed by atoms with Crippen molar-refractivity contribution in [3.05, 3.63) is 60.9 Å². The second-order valence-corrected chi connectivity index (χ2v) is 4.21. The van der Waals surface area contributed by atoms with E-state index in [-0.39, 0.29) is 0 Å². The maximum Gasteiger partial charge on any atom is 0.133 e. The highest BCUT2D eigenvalue weighted by atomic mass is 16.3. The fraction of sp³-hybridized carbons (Fsp3) is 0.133. The minimum atomic E-state index is 0.835. The quantitative estimate of drug-likeness (QED) is 0.733. The molecule has 0 saturated carbocycles. The zero-order valence-electron chi connectivity index (χ0n) is 10.4. The molecule has 4 nitrogen and oxygen atoms in total. The highest BCUT2D eigenvalue weighted by Crippen LogP contribution is 2.21. The Morgan fingerprint density at radius 2 is 2.32 bits per heavy atom. The third-order valence-corrected chi connectivity index (χ3v) is 2.87. The van der Waals surface area contributed by atoms with Gasteiger partial charge in [0.25, 0.3) is 0 Å². The van der Waals surface area contributed by atoms with Crippen LogP contribution >= 0.6 is 0 Å². The van der Waals surface area contributed by atoms with Gasteiger partial charge in [0.2, 0.25) is 0 Å². The summed E-state index contributed by atoms with van der Waals surface area (Å²) in [6.45, 7) is 0.835. The molecular formula is C15H14N3O. The molecule has 2 N–H and O–H groups in total. The third-order valence-electron chi connectivity index (χ3n) is 2.87. The SMILES string of the molecule is [c]1cc(-c2ccco2)ccc1NCCc1c[nH]cn1. The minimum absolute atomic E-state index is 0.835. The average Bonchev–Trinajstić information content (AvgIpc) is 3.13. The van der Waals surface area contributed by atoms with E-state index in [9.17, 15) is 0 Å². The number of aromatic nitrogens is 2. The Hall–Kier alpha value is -2.49. The molecule has 95 valence electrons. The Kier molecular flexibility index (Phi) is 3.32. The molecule has 0 unspecified atom stereocenters.